The van der Waals surface area contributed by atoms with Gasteiger partial charge in [-0.3, -0.25) is 9.78 Å². The van der Waals surface area contributed by atoms with Crippen molar-refractivity contribution in [3.63, 3.8) is 0 Å². The highest BCUT2D eigenvalue weighted by atomic mass is 79.9. The number of hydrogen-bond acceptors (Lipinski definition) is 3. The summed E-state index contributed by atoms with van der Waals surface area (Å²) in [6.07, 6.45) is 4.47. The van der Waals surface area contributed by atoms with Crippen molar-refractivity contribution in [3.8, 4) is 5.69 Å². The second-order valence-electron chi connectivity index (χ2n) is 3.82. The van der Waals surface area contributed by atoms with E-state index in [1.807, 2.05) is 15.9 Å². The van der Waals surface area contributed by atoms with Gasteiger partial charge in [0.05, 0.1) is 18.1 Å². The van der Waals surface area contributed by atoms with E-state index in [0.29, 0.717) is 5.69 Å². The zero-order chi connectivity index (χ0) is 14.9. The molecule has 2 aromatic rings. The summed E-state index contributed by atoms with van der Waals surface area (Å²) in [5.41, 5.74) is 0.659. The Balaban J connectivity index is 2.36. The number of carbonyl (C=O) groups excluding carboxylic acids is 1. The number of anilines is 1. The molecule has 2 heterocycles. The van der Waals surface area contributed by atoms with Gasteiger partial charge in [0.1, 0.15) is 5.69 Å². The normalized spacial score (nSPS) is 11.4. The number of carbonyl (C=O) groups is 1. The van der Waals surface area contributed by atoms with Crippen LogP contribution in [0.2, 0.25) is 5.15 Å². The van der Waals surface area contributed by atoms with Crippen LogP contribution in [0, 0.1) is 0 Å². The van der Waals surface area contributed by atoms with Crippen molar-refractivity contribution in [1.29, 1.82) is 0 Å². The number of amides is 1. The molecule has 20 heavy (non-hydrogen) atoms. The van der Waals surface area contributed by atoms with Crippen LogP contribution >= 0.6 is 27.5 Å². The zero-order valence-corrected chi connectivity index (χ0v) is 12.4. The third kappa shape index (κ3) is 2.96. The first-order valence-corrected chi connectivity index (χ1v) is 6.48. The maximum Gasteiger partial charge on any atom is 0.378 e. The molecule has 0 aliphatic rings. The van der Waals surface area contributed by atoms with E-state index in [2.05, 4.69) is 10.1 Å². The smallest absolute Gasteiger partial charge is 0.305 e. The maximum atomic E-state index is 13.0. The van der Waals surface area contributed by atoms with E-state index in [-0.39, 0.29) is 10.8 Å². The van der Waals surface area contributed by atoms with Crippen LogP contribution < -0.4 is 4.90 Å². The molecule has 0 N–H and O–H groups in total. The fraction of sp³-hybridized carbons (Fsp3) is 0.182. The van der Waals surface area contributed by atoms with Crippen molar-refractivity contribution in [2.45, 2.75) is 4.83 Å². The Labute approximate surface area is 126 Å². The van der Waals surface area contributed by atoms with E-state index in [1.54, 1.807) is 18.3 Å². The van der Waals surface area contributed by atoms with Crippen LogP contribution in [0.5, 0.6) is 0 Å². The molecule has 0 aliphatic heterocycles. The van der Waals surface area contributed by atoms with Crippen molar-refractivity contribution in [1.82, 2.24) is 14.8 Å². The van der Waals surface area contributed by atoms with Crippen LogP contribution in [0.3, 0.4) is 0 Å². The van der Waals surface area contributed by atoms with Gasteiger partial charge in [-0.2, -0.15) is 13.9 Å². The summed E-state index contributed by atoms with van der Waals surface area (Å²) in [5, 5.41) is 3.89. The van der Waals surface area contributed by atoms with Gasteiger partial charge >= 0.3 is 10.7 Å². The summed E-state index contributed by atoms with van der Waals surface area (Å²) in [6, 6.07) is 3.40. The Morgan fingerprint density at radius 2 is 2.25 bits per heavy atom. The number of hydrogen-bond donors (Lipinski definition) is 0. The summed E-state index contributed by atoms with van der Waals surface area (Å²) < 4.78 is 27.3. The van der Waals surface area contributed by atoms with Gasteiger partial charge in [-0.05, 0) is 12.1 Å². The van der Waals surface area contributed by atoms with Crippen LogP contribution in [0.15, 0.2) is 30.7 Å². The van der Waals surface area contributed by atoms with Crippen LogP contribution in [0.4, 0.5) is 14.5 Å². The van der Waals surface area contributed by atoms with Crippen molar-refractivity contribution in [2.75, 3.05) is 11.9 Å². The molecule has 2 aromatic heterocycles. The lowest BCUT2D eigenvalue weighted by Crippen LogP contribution is -2.37. The topological polar surface area (TPSA) is 51.0 Å². The first-order valence-electron chi connectivity index (χ1n) is 5.31. The number of halogens is 4. The molecule has 0 unspecified atom stereocenters. The molecular weight excluding hydrogens is 358 g/mol. The van der Waals surface area contributed by atoms with E-state index in [1.165, 1.54) is 24.1 Å². The van der Waals surface area contributed by atoms with Crippen molar-refractivity contribution >= 4 is 39.1 Å². The maximum absolute atomic E-state index is 13.0. The average Bonchev–Trinajstić information content (AvgIpc) is 2.79. The van der Waals surface area contributed by atoms with Crippen molar-refractivity contribution < 1.29 is 13.6 Å². The molecule has 0 saturated heterocycles. The Hall–Kier alpha value is -1.54. The lowest BCUT2D eigenvalue weighted by molar-refractivity contribution is -0.131. The van der Waals surface area contributed by atoms with E-state index in [0.717, 1.165) is 4.90 Å². The predicted octanol–water partition coefficient (Wildman–Crippen LogP) is 2.87. The van der Waals surface area contributed by atoms with Gasteiger partial charge in [-0.1, -0.05) is 11.6 Å². The van der Waals surface area contributed by atoms with Crippen LogP contribution in [-0.2, 0) is 4.79 Å². The van der Waals surface area contributed by atoms with Crippen molar-refractivity contribution in [3.05, 3.63) is 35.9 Å². The van der Waals surface area contributed by atoms with E-state index < -0.39 is 10.7 Å². The summed E-state index contributed by atoms with van der Waals surface area (Å²) in [7, 11) is 1.19. The second-order valence-corrected chi connectivity index (χ2v) is 5.18. The Bertz CT molecular complexity index is 629. The summed E-state index contributed by atoms with van der Waals surface area (Å²) in [6.45, 7) is 0. The van der Waals surface area contributed by atoms with Crippen LogP contribution in [0.1, 0.15) is 0 Å². The SMILES string of the molecule is CN(C(=O)C(F)(F)Br)c1cn(-c2cccnc2)nc1Cl. The molecular formula is C11H8BrClF2N4O. The lowest BCUT2D eigenvalue weighted by Gasteiger charge is -2.18. The Morgan fingerprint density at radius 1 is 1.55 bits per heavy atom. The number of rotatable bonds is 3. The van der Waals surface area contributed by atoms with Gasteiger partial charge in [0.2, 0.25) is 0 Å². The fourth-order valence-corrected chi connectivity index (χ4v) is 2.01. The molecule has 2 rings (SSSR count). The Morgan fingerprint density at radius 3 is 2.80 bits per heavy atom. The van der Waals surface area contributed by atoms with Gasteiger partial charge in [-0.15, -0.1) is 0 Å². The standard InChI is InChI=1S/C11H8BrClF2N4O/c1-18(10(20)11(12,14)15)8-6-19(17-9(8)13)7-3-2-4-16-5-7/h2-6H,1H3. The number of alkyl halides is 3. The molecule has 9 heteroatoms. The first kappa shape index (κ1) is 14.9. The zero-order valence-electron chi connectivity index (χ0n) is 10.1. The van der Waals surface area contributed by atoms with Gasteiger partial charge in [-0.25, -0.2) is 4.68 Å². The van der Waals surface area contributed by atoms with E-state index >= 15 is 0 Å². The quantitative estimate of drug-likeness (QED) is 0.786. The Kier molecular flexibility index (Phi) is 4.05. The van der Waals surface area contributed by atoms with Gasteiger partial charge in [0, 0.05) is 29.2 Å². The van der Waals surface area contributed by atoms with Gasteiger partial charge in [0.15, 0.2) is 5.15 Å². The van der Waals surface area contributed by atoms with Crippen LogP contribution in [0.25, 0.3) is 5.69 Å². The summed E-state index contributed by atoms with van der Waals surface area (Å²) >= 11 is 7.89. The fourth-order valence-electron chi connectivity index (χ4n) is 1.49. The minimum absolute atomic E-state index is 0.0681. The highest BCUT2D eigenvalue weighted by Crippen LogP contribution is 2.30. The highest BCUT2D eigenvalue weighted by molar-refractivity contribution is 9.10. The minimum atomic E-state index is -3.67. The lowest BCUT2D eigenvalue weighted by atomic mass is 10.4. The minimum Gasteiger partial charge on any atom is -0.305 e. The molecule has 0 fully saturated rings. The third-order valence-corrected chi connectivity index (χ3v) is 3.08. The third-order valence-electron chi connectivity index (χ3n) is 2.47. The molecule has 0 saturated carbocycles. The molecule has 0 bridgehead atoms. The molecule has 1 amide bonds. The van der Waals surface area contributed by atoms with Gasteiger partial charge in [0.25, 0.3) is 0 Å². The monoisotopic (exact) mass is 364 g/mol. The largest absolute Gasteiger partial charge is 0.378 e. The molecule has 0 aliphatic carbocycles. The van der Waals surface area contributed by atoms with E-state index in [4.69, 9.17) is 11.6 Å². The molecule has 5 nitrogen and oxygen atoms in total. The number of nitrogens with zero attached hydrogens (tertiary/aromatic N) is 4. The molecule has 0 spiro atoms. The molecule has 106 valence electrons. The summed E-state index contributed by atoms with van der Waals surface area (Å²) in [5.74, 6) is -1.44. The van der Waals surface area contributed by atoms with Gasteiger partial charge < -0.3 is 4.90 Å². The van der Waals surface area contributed by atoms with E-state index in [9.17, 15) is 13.6 Å². The molecule has 0 radical (unpaired) electrons. The highest BCUT2D eigenvalue weighted by Gasteiger charge is 2.39. The molecule has 0 atom stereocenters. The van der Waals surface area contributed by atoms with Crippen molar-refractivity contribution in [2.24, 2.45) is 0 Å². The molecule has 0 aromatic carbocycles. The number of aromatic nitrogens is 3. The predicted molar refractivity (Wildman–Crippen MR) is 73.7 cm³/mol. The number of pyridine rings is 1. The summed E-state index contributed by atoms with van der Waals surface area (Å²) in [4.78, 5) is 12.5. The average molecular weight is 366 g/mol. The van der Waals surface area contributed by atoms with Crippen LogP contribution in [-0.4, -0.2) is 32.6 Å². The first-order chi connectivity index (χ1) is 9.30. The second kappa shape index (κ2) is 5.45.